The lowest BCUT2D eigenvalue weighted by Crippen LogP contribution is -2.30. The van der Waals surface area contributed by atoms with Gasteiger partial charge in [0.25, 0.3) is 0 Å². The van der Waals surface area contributed by atoms with E-state index in [2.05, 4.69) is 42.3 Å². The van der Waals surface area contributed by atoms with Crippen LogP contribution in [0.5, 0.6) is 0 Å². The Morgan fingerprint density at radius 2 is 2.21 bits per heavy atom. The molecule has 1 saturated carbocycles. The summed E-state index contributed by atoms with van der Waals surface area (Å²) in [6, 6.07) is 7.43. The van der Waals surface area contributed by atoms with Crippen molar-refractivity contribution in [3.05, 3.63) is 23.9 Å². The molecule has 1 heterocycles. The molecule has 1 fully saturated rings. The summed E-state index contributed by atoms with van der Waals surface area (Å²) in [4.78, 5) is 7.14. The maximum absolute atomic E-state index is 5.20. The minimum absolute atomic E-state index is 0.485. The smallest absolute Gasteiger partial charge is 0.129 e. The highest BCUT2D eigenvalue weighted by molar-refractivity contribution is 5.42. The van der Waals surface area contributed by atoms with Gasteiger partial charge in [0.05, 0.1) is 12.3 Å². The number of aromatic nitrogens is 1. The Balaban J connectivity index is 2.02. The van der Waals surface area contributed by atoms with Crippen molar-refractivity contribution in [3.63, 3.8) is 0 Å². The molecule has 0 unspecified atom stereocenters. The van der Waals surface area contributed by atoms with E-state index in [0.717, 1.165) is 31.2 Å². The number of methoxy groups -OCH3 is 1. The molecule has 0 radical (unpaired) electrons. The summed E-state index contributed by atoms with van der Waals surface area (Å²) >= 11 is 0. The predicted molar refractivity (Wildman–Crippen MR) is 78.5 cm³/mol. The number of hydrogen-bond donors (Lipinski definition) is 1. The molecule has 2 rings (SSSR count). The molecule has 0 aliphatic heterocycles. The van der Waals surface area contributed by atoms with Crippen LogP contribution in [0.4, 0.5) is 5.82 Å². The predicted octanol–water partition coefficient (Wildman–Crippen LogP) is 2.19. The highest BCUT2D eigenvalue weighted by Crippen LogP contribution is 2.30. The molecule has 1 N–H and O–H groups in total. The SMILES string of the molecule is COCCN(c1cccc(CNC(C)C)n1)C1CC1. The second kappa shape index (κ2) is 6.87. The van der Waals surface area contributed by atoms with E-state index in [4.69, 9.17) is 9.72 Å². The fourth-order valence-corrected chi connectivity index (χ4v) is 2.09. The van der Waals surface area contributed by atoms with Gasteiger partial charge in [-0.3, -0.25) is 0 Å². The van der Waals surface area contributed by atoms with Gasteiger partial charge in [0.1, 0.15) is 5.82 Å². The molecule has 0 spiro atoms. The van der Waals surface area contributed by atoms with Gasteiger partial charge in [0.15, 0.2) is 0 Å². The minimum Gasteiger partial charge on any atom is -0.383 e. The van der Waals surface area contributed by atoms with Crippen molar-refractivity contribution in [1.29, 1.82) is 0 Å². The molecule has 0 atom stereocenters. The molecule has 1 aliphatic rings. The lowest BCUT2D eigenvalue weighted by Gasteiger charge is -2.23. The van der Waals surface area contributed by atoms with Crippen molar-refractivity contribution in [2.45, 2.75) is 45.3 Å². The normalized spacial score (nSPS) is 14.9. The topological polar surface area (TPSA) is 37.4 Å². The van der Waals surface area contributed by atoms with Crippen LogP contribution < -0.4 is 10.2 Å². The number of hydrogen-bond acceptors (Lipinski definition) is 4. The Morgan fingerprint density at radius 3 is 2.84 bits per heavy atom. The average Bonchev–Trinajstić information content (AvgIpc) is 3.22. The van der Waals surface area contributed by atoms with Crippen LogP contribution in [-0.2, 0) is 11.3 Å². The van der Waals surface area contributed by atoms with Gasteiger partial charge in [-0.15, -0.1) is 0 Å². The van der Waals surface area contributed by atoms with E-state index in [0.29, 0.717) is 12.1 Å². The Bertz CT molecular complexity index is 391. The van der Waals surface area contributed by atoms with E-state index in [-0.39, 0.29) is 0 Å². The van der Waals surface area contributed by atoms with Crippen LogP contribution >= 0.6 is 0 Å². The maximum atomic E-state index is 5.20. The summed E-state index contributed by atoms with van der Waals surface area (Å²) in [5.74, 6) is 1.09. The van der Waals surface area contributed by atoms with Crippen LogP contribution in [0, 0.1) is 0 Å². The molecule has 0 amide bonds. The molecule has 1 aromatic heterocycles. The van der Waals surface area contributed by atoms with Gasteiger partial charge in [-0.05, 0) is 25.0 Å². The quantitative estimate of drug-likeness (QED) is 0.780. The second-order valence-electron chi connectivity index (χ2n) is 5.44. The Kier molecular flexibility index (Phi) is 5.16. The standard InChI is InChI=1S/C15H25N3O/c1-12(2)16-11-13-5-4-6-15(17-13)18(9-10-19-3)14-7-8-14/h4-6,12,14,16H,7-11H2,1-3H3. The zero-order chi connectivity index (χ0) is 13.7. The summed E-state index contributed by atoms with van der Waals surface area (Å²) in [7, 11) is 1.75. The van der Waals surface area contributed by atoms with Crippen molar-refractivity contribution >= 4 is 5.82 Å². The number of ether oxygens (including phenoxy) is 1. The van der Waals surface area contributed by atoms with Crippen molar-refractivity contribution < 1.29 is 4.74 Å². The van der Waals surface area contributed by atoms with Gasteiger partial charge >= 0.3 is 0 Å². The molecule has 4 heteroatoms. The summed E-state index contributed by atoms with van der Waals surface area (Å²) in [6.45, 7) is 6.81. The van der Waals surface area contributed by atoms with Crippen molar-refractivity contribution in [1.82, 2.24) is 10.3 Å². The number of nitrogens with one attached hydrogen (secondary N) is 1. The van der Waals surface area contributed by atoms with Gasteiger partial charge in [-0.25, -0.2) is 4.98 Å². The monoisotopic (exact) mass is 263 g/mol. The molecule has 0 saturated heterocycles. The maximum Gasteiger partial charge on any atom is 0.129 e. The molecular formula is C15H25N3O. The molecule has 1 aliphatic carbocycles. The number of anilines is 1. The van der Waals surface area contributed by atoms with E-state index in [9.17, 15) is 0 Å². The summed E-state index contributed by atoms with van der Waals surface area (Å²) in [5.41, 5.74) is 1.11. The first-order chi connectivity index (χ1) is 9.20. The van der Waals surface area contributed by atoms with Crippen molar-refractivity contribution in [3.8, 4) is 0 Å². The van der Waals surface area contributed by atoms with Gasteiger partial charge in [-0.2, -0.15) is 0 Å². The van der Waals surface area contributed by atoms with Crippen LogP contribution in [0.25, 0.3) is 0 Å². The highest BCUT2D eigenvalue weighted by atomic mass is 16.5. The lowest BCUT2D eigenvalue weighted by molar-refractivity contribution is 0.204. The molecule has 0 bridgehead atoms. The molecule has 106 valence electrons. The number of rotatable bonds is 8. The fraction of sp³-hybridized carbons (Fsp3) is 0.667. The molecule has 1 aromatic rings. The molecule has 4 nitrogen and oxygen atoms in total. The minimum atomic E-state index is 0.485. The van der Waals surface area contributed by atoms with Crippen LogP contribution in [0.1, 0.15) is 32.4 Å². The van der Waals surface area contributed by atoms with Gasteiger partial charge in [-0.1, -0.05) is 19.9 Å². The van der Waals surface area contributed by atoms with E-state index >= 15 is 0 Å². The van der Waals surface area contributed by atoms with Crippen LogP contribution in [0.2, 0.25) is 0 Å². The molecule has 19 heavy (non-hydrogen) atoms. The Morgan fingerprint density at radius 1 is 1.42 bits per heavy atom. The zero-order valence-electron chi connectivity index (χ0n) is 12.2. The zero-order valence-corrected chi connectivity index (χ0v) is 12.2. The van der Waals surface area contributed by atoms with E-state index in [1.807, 2.05) is 0 Å². The van der Waals surface area contributed by atoms with Gasteiger partial charge in [0.2, 0.25) is 0 Å². The van der Waals surface area contributed by atoms with E-state index in [1.54, 1.807) is 7.11 Å². The summed E-state index contributed by atoms with van der Waals surface area (Å²) in [5, 5.41) is 3.41. The first kappa shape index (κ1) is 14.3. The third kappa shape index (κ3) is 4.48. The first-order valence-corrected chi connectivity index (χ1v) is 7.15. The highest BCUT2D eigenvalue weighted by Gasteiger charge is 2.29. The Hall–Kier alpha value is -1.13. The third-order valence-electron chi connectivity index (χ3n) is 3.30. The molecule has 0 aromatic carbocycles. The van der Waals surface area contributed by atoms with Gasteiger partial charge in [0, 0.05) is 32.3 Å². The second-order valence-corrected chi connectivity index (χ2v) is 5.44. The van der Waals surface area contributed by atoms with Crippen LogP contribution in [0.3, 0.4) is 0 Å². The third-order valence-corrected chi connectivity index (χ3v) is 3.30. The van der Waals surface area contributed by atoms with E-state index < -0.39 is 0 Å². The average molecular weight is 263 g/mol. The number of nitrogens with zero attached hydrogens (tertiary/aromatic N) is 2. The van der Waals surface area contributed by atoms with Crippen molar-refractivity contribution in [2.24, 2.45) is 0 Å². The van der Waals surface area contributed by atoms with Gasteiger partial charge < -0.3 is 15.0 Å². The molecular weight excluding hydrogens is 238 g/mol. The first-order valence-electron chi connectivity index (χ1n) is 7.15. The summed E-state index contributed by atoms with van der Waals surface area (Å²) < 4.78 is 5.20. The number of pyridine rings is 1. The Labute approximate surface area is 116 Å². The summed E-state index contributed by atoms with van der Waals surface area (Å²) in [6.07, 6.45) is 2.56. The van der Waals surface area contributed by atoms with Crippen LogP contribution in [-0.4, -0.2) is 37.3 Å². The van der Waals surface area contributed by atoms with Crippen molar-refractivity contribution in [2.75, 3.05) is 25.2 Å². The lowest BCUT2D eigenvalue weighted by atomic mass is 10.3. The van der Waals surface area contributed by atoms with Crippen LogP contribution in [0.15, 0.2) is 18.2 Å². The fourth-order valence-electron chi connectivity index (χ4n) is 2.09. The largest absolute Gasteiger partial charge is 0.383 e. The van der Waals surface area contributed by atoms with E-state index in [1.165, 1.54) is 12.8 Å².